The smallest absolute Gasteiger partial charge is 0.246 e. The SMILES string of the molecule is CC(C)[C@H](CC(=O)Cc1c[nH]c2ccccc12)C(=O)N1CCC[C@H]1c1nc2ccc(C#Cc3ccc4nc([C@@H]5CCCN5C(=O)[C@@H](NC(=O)Cc5c[nH]c6ccccc56)C(C)C)[nH]c4c3)cc2[nH]1. The zero-order valence-corrected chi connectivity index (χ0v) is 39.0. The van der Waals surface area contributed by atoms with Gasteiger partial charge in [0.2, 0.25) is 17.7 Å². The predicted octanol–water partition coefficient (Wildman–Crippen LogP) is 8.99. The second-order valence-electron chi connectivity index (χ2n) is 19.3. The molecular weight excluding hydrogens is 851 g/mol. The van der Waals surface area contributed by atoms with Gasteiger partial charge in [0.05, 0.1) is 40.6 Å². The number of imidazole rings is 2. The van der Waals surface area contributed by atoms with Crippen molar-refractivity contribution in [2.45, 2.75) is 90.8 Å². The third-order valence-corrected chi connectivity index (χ3v) is 14.0. The minimum atomic E-state index is -0.665. The number of carbonyl (C=O) groups excluding carboxylic acids is 4. The number of benzene rings is 4. The molecule has 0 spiro atoms. The highest BCUT2D eigenvalue weighted by Crippen LogP contribution is 2.36. The molecule has 3 amide bonds. The predicted molar refractivity (Wildman–Crippen MR) is 264 cm³/mol. The normalized spacial score (nSPS) is 17.1. The number of aromatic amines is 4. The Kier molecular flexibility index (Phi) is 12.2. The van der Waals surface area contributed by atoms with Gasteiger partial charge in [0.15, 0.2) is 0 Å². The number of nitrogens with one attached hydrogen (secondary N) is 5. The highest BCUT2D eigenvalue weighted by Gasteiger charge is 2.39. The maximum atomic E-state index is 14.2. The van der Waals surface area contributed by atoms with E-state index in [0.29, 0.717) is 13.1 Å². The van der Waals surface area contributed by atoms with Crippen LogP contribution in [0.25, 0.3) is 43.9 Å². The van der Waals surface area contributed by atoms with Crippen LogP contribution in [0.1, 0.15) is 106 Å². The molecule has 0 unspecified atom stereocenters. The van der Waals surface area contributed by atoms with Crippen molar-refractivity contribution in [2.75, 3.05) is 13.1 Å². The Morgan fingerprint density at radius 1 is 0.647 bits per heavy atom. The van der Waals surface area contributed by atoms with E-state index in [4.69, 9.17) is 9.97 Å². The average Bonchev–Trinajstić information content (AvgIpc) is 4.21. The molecule has 0 radical (unpaired) electrons. The summed E-state index contributed by atoms with van der Waals surface area (Å²) in [5.74, 6) is 7.38. The fourth-order valence-corrected chi connectivity index (χ4v) is 10.3. The highest BCUT2D eigenvalue weighted by molar-refractivity contribution is 5.94. The van der Waals surface area contributed by atoms with E-state index >= 15 is 0 Å². The Labute approximate surface area is 394 Å². The van der Waals surface area contributed by atoms with E-state index in [1.807, 2.05) is 135 Å². The fourth-order valence-electron chi connectivity index (χ4n) is 10.3. The van der Waals surface area contributed by atoms with Gasteiger partial charge in [-0.3, -0.25) is 19.2 Å². The summed E-state index contributed by atoms with van der Waals surface area (Å²) in [6, 6.07) is 26.6. The Hall–Kier alpha value is -7.46. The number of para-hydroxylation sites is 2. The number of likely N-dealkylation sites (tertiary alicyclic amines) is 2. The standard InChI is InChI=1S/C55H57N9O4/c1-32(2)41(29-38(65)27-36-30-56-42-13-7-5-11-39(36)42)54(67)63-23-9-15-48(63)52-58-44-21-19-34(25-46(44)60-52)17-18-35-20-22-45-47(26-35)61-53(59-45)49-16-10-24-64(49)55(68)51(33(3)4)62-50(66)28-37-31-57-43-14-8-6-12-40(37)43/h5-8,11-14,19-22,25-26,30-33,41,48-49,51,56-57H,9-10,15-16,23-24,27-29H2,1-4H3,(H,58,60)(H,59,61)(H,62,66)/t41-,48-,49-,51-/m0/s1. The molecule has 5 N–H and O–H groups in total. The van der Waals surface area contributed by atoms with Gasteiger partial charge in [-0.05, 0) is 97.2 Å². The number of nitrogens with zero attached hydrogens (tertiary/aromatic N) is 4. The van der Waals surface area contributed by atoms with Crippen LogP contribution in [0.3, 0.4) is 0 Å². The molecule has 4 aromatic carbocycles. The topological polar surface area (TPSA) is 176 Å². The number of carbonyl (C=O) groups is 4. The van der Waals surface area contributed by atoms with Crippen LogP contribution >= 0.6 is 0 Å². The van der Waals surface area contributed by atoms with Crippen LogP contribution in [-0.4, -0.2) is 82.3 Å². The molecule has 68 heavy (non-hydrogen) atoms. The summed E-state index contributed by atoms with van der Waals surface area (Å²) in [7, 11) is 0. The minimum absolute atomic E-state index is 0.00418. The molecule has 2 saturated heterocycles. The van der Waals surface area contributed by atoms with Crippen LogP contribution in [0.4, 0.5) is 0 Å². The van der Waals surface area contributed by atoms with Gasteiger partial charge in [0.1, 0.15) is 23.5 Å². The number of H-pyrrole nitrogens is 4. The largest absolute Gasteiger partial charge is 0.361 e. The molecular formula is C55H57N9O4. The summed E-state index contributed by atoms with van der Waals surface area (Å²) in [6.45, 7) is 9.19. The molecule has 346 valence electrons. The maximum Gasteiger partial charge on any atom is 0.246 e. The monoisotopic (exact) mass is 907 g/mol. The van der Waals surface area contributed by atoms with Crippen molar-refractivity contribution in [1.29, 1.82) is 0 Å². The zero-order valence-electron chi connectivity index (χ0n) is 39.0. The van der Waals surface area contributed by atoms with Crippen LogP contribution < -0.4 is 5.32 Å². The lowest BCUT2D eigenvalue weighted by Crippen LogP contribution is -2.51. The van der Waals surface area contributed by atoms with Crippen molar-refractivity contribution >= 4 is 67.4 Å². The Morgan fingerprint density at radius 3 is 1.69 bits per heavy atom. The van der Waals surface area contributed by atoms with E-state index < -0.39 is 12.0 Å². The van der Waals surface area contributed by atoms with Gasteiger partial charge >= 0.3 is 0 Å². The van der Waals surface area contributed by atoms with Gasteiger partial charge in [-0.15, -0.1) is 0 Å². The van der Waals surface area contributed by atoms with E-state index in [0.717, 1.165) is 103 Å². The fraction of sp³-hybridized carbons (Fsp3) is 0.345. The van der Waals surface area contributed by atoms with Crippen LogP contribution in [0, 0.1) is 29.6 Å². The van der Waals surface area contributed by atoms with Crippen molar-refractivity contribution < 1.29 is 19.2 Å². The molecule has 4 aromatic heterocycles. The van der Waals surface area contributed by atoms with E-state index in [-0.39, 0.29) is 66.7 Å². The third kappa shape index (κ3) is 8.90. The third-order valence-electron chi connectivity index (χ3n) is 14.0. The van der Waals surface area contributed by atoms with E-state index in [9.17, 15) is 19.2 Å². The summed E-state index contributed by atoms with van der Waals surface area (Å²) in [6.07, 6.45) is 7.70. The first kappa shape index (κ1) is 44.4. The summed E-state index contributed by atoms with van der Waals surface area (Å²) in [5.41, 5.74) is 8.74. The number of ketones is 1. The summed E-state index contributed by atoms with van der Waals surface area (Å²) < 4.78 is 0. The van der Waals surface area contributed by atoms with Crippen LogP contribution in [0.5, 0.6) is 0 Å². The molecule has 4 atom stereocenters. The number of aromatic nitrogens is 6. The van der Waals surface area contributed by atoms with E-state index in [1.165, 1.54) is 0 Å². The van der Waals surface area contributed by atoms with E-state index in [1.54, 1.807) is 0 Å². The van der Waals surface area contributed by atoms with E-state index in [2.05, 4.69) is 37.1 Å². The van der Waals surface area contributed by atoms with Gasteiger partial charge in [-0.25, -0.2) is 9.97 Å². The van der Waals surface area contributed by atoms with Gasteiger partial charge in [-0.1, -0.05) is 75.9 Å². The number of hydrogen-bond donors (Lipinski definition) is 5. The minimum Gasteiger partial charge on any atom is -0.361 e. The summed E-state index contributed by atoms with van der Waals surface area (Å²) in [5, 5.41) is 5.10. The molecule has 2 fully saturated rings. The molecule has 13 heteroatoms. The van der Waals surface area contributed by atoms with Gasteiger partial charge in [0.25, 0.3) is 0 Å². The van der Waals surface area contributed by atoms with Crippen LogP contribution in [0.15, 0.2) is 97.3 Å². The first-order valence-corrected chi connectivity index (χ1v) is 24.0. The molecule has 0 bridgehead atoms. The van der Waals surface area contributed by atoms with Crippen molar-refractivity contribution in [1.82, 2.24) is 45.0 Å². The second kappa shape index (κ2) is 18.7. The Morgan fingerprint density at radius 2 is 1.16 bits per heavy atom. The number of fused-ring (bicyclic) bond motifs is 4. The van der Waals surface area contributed by atoms with Crippen LogP contribution in [0.2, 0.25) is 0 Å². The number of amides is 3. The molecule has 0 aliphatic carbocycles. The maximum absolute atomic E-state index is 14.2. The first-order valence-electron chi connectivity index (χ1n) is 24.0. The lowest BCUT2D eigenvalue weighted by molar-refractivity contribution is -0.140. The number of Topliss-reactive ketones (excluding diaryl/α,β-unsaturated/α-hetero) is 1. The molecule has 0 saturated carbocycles. The summed E-state index contributed by atoms with van der Waals surface area (Å²) >= 11 is 0. The molecule has 8 aromatic rings. The van der Waals surface area contributed by atoms with Crippen molar-refractivity contribution in [3.8, 4) is 11.8 Å². The quantitative estimate of drug-likeness (QED) is 0.0722. The molecule has 10 rings (SSSR count). The summed E-state index contributed by atoms with van der Waals surface area (Å²) in [4.78, 5) is 82.3. The van der Waals surface area contributed by atoms with Gasteiger partial charge < -0.3 is 35.1 Å². The number of hydrogen-bond acceptors (Lipinski definition) is 6. The zero-order chi connectivity index (χ0) is 47.1. The number of rotatable bonds is 13. The lowest BCUT2D eigenvalue weighted by atomic mass is 9.87. The molecule has 2 aliphatic rings. The average molecular weight is 908 g/mol. The van der Waals surface area contributed by atoms with Gasteiger partial charge in [-0.2, -0.15) is 0 Å². The first-order chi connectivity index (χ1) is 33.0. The Bertz CT molecular complexity index is 3050. The van der Waals surface area contributed by atoms with Gasteiger partial charge in [0, 0.05) is 77.2 Å². The molecule has 6 heterocycles. The van der Waals surface area contributed by atoms with Crippen molar-refractivity contribution in [2.24, 2.45) is 17.8 Å². The second-order valence-corrected chi connectivity index (χ2v) is 19.3. The van der Waals surface area contributed by atoms with Crippen LogP contribution in [-0.2, 0) is 32.0 Å². The highest BCUT2D eigenvalue weighted by atomic mass is 16.2. The molecule has 13 nitrogen and oxygen atoms in total. The Balaban J connectivity index is 0.797. The van der Waals surface area contributed by atoms with Crippen molar-refractivity contribution in [3.05, 3.63) is 131 Å². The lowest BCUT2D eigenvalue weighted by Gasteiger charge is -2.30. The van der Waals surface area contributed by atoms with Crippen molar-refractivity contribution in [3.63, 3.8) is 0 Å². The molecule has 2 aliphatic heterocycles.